The molecule has 0 radical (unpaired) electrons. The van der Waals surface area contributed by atoms with Crippen LogP contribution >= 0.6 is 0 Å². The lowest BCUT2D eigenvalue weighted by Gasteiger charge is -2.30. The van der Waals surface area contributed by atoms with Gasteiger partial charge in [-0.15, -0.1) is 0 Å². The molecule has 0 aliphatic carbocycles. The maximum atomic E-state index is 11.5. The number of carbonyl (C=O) groups excluding carboxylic acids is 1. The average Bonchev–Trinajstić information content (AvgIpc) is 2.19. The Morgan fingerprint density at radius 1 is 1.43 bits per heavy atom. The molecule has 0 N–H and O–H groups in total. The highest BCUT2D eigenvalue weighted by Gasteiger charge is 2.44. The van der Waals surface area contributed by atoms with Crippen LogP contribution in [0.1, 0.15) is 41.5 Å². The summed E-state index contributed by atoms with van der Waals surface area (Å²) >= 11 is 0. The minimum absolute atomic E-state index is 0.145. The molecule has 0 aromatic rings. The number of ketones is 1. The Hall–Kier alpha value is -0.790. The van der Waals surface area contributed by atoms with Crippen molar-refractivity contribution in [1.82, 2.24) is 0 Å². The van der Waals surface area contributed by atoms with E-state index in [0.717, 1.165) is 11.3 Å². The van der Waals surface area contributed by atoms with Crippen LogP contribution in [0.3, 0.4) is 0 Å². The van der Waals surface area contributed by atoms with Crippen molar-refractivity contribution < 1.29 is 9.53 Å². The van der Waals surface area contributed by atoms with Gasteiger partial charge < -0.3 is 4.74 Å². The van der Waals surface area contributed by atoms with Gasteiger partial charge in [-0.1, -0.05) is 13.8 Å². The van der Waals surface area contributed by atoms with Gasteiger partial charge in [0.25, 0.3) is 0 Å². The van der Waals surface area contributed by atoms with Crippen molar-refractivity contribution in [3.05, 3.63) is 11.3 Å². The number of rotatable bonds is 2. The van der Waals surface area contributed by atoms with Crippen molar-refractivity contribution >= 4 is 5.78 Å². The highest BCUT2D eigenvalue weighted by molar-refractivity contribution is 5.95. The van der Waals surface area contributed by atoms with Gasteiger partial charge in [-0.3, -0.25) is 4.79 Å². The third kappa shape index (κ3) is 1.70. The summed E-state index contributed by atoms with van der Waals surface area (Å²) in [6, 6.07) is 0. The number of allylic oxidation sites excluding steroid dienone is 1. The van der Waals surface area contributed by atoms with E-state index in [1.165, 1.54) is 0 Å². The van der Waals surface area contributed by atoms with Crippen LogP contribution in [0.25, 0.3) is 0 Å². The summed E-state index contributed by atoms with van der Waals surface area (Å²) < 4.78 is 5.76. The van der Waals surface area contributed by atoms with Gasteiger partial charge >= 0.3 is 0 Å². The fraction of sp³-hybridized carbons (Fsp3) is 0.750. The normalized spacial score (nSPS) is 25.5. The van der Waals surface area contributed by atoms with Crippen LogP contribution in [0.5, 0.6) is 0 Å². The molecule has 1 atom stereocenters. The number of hydrogen-bond acceptors (Lipinski definition) is 2. The first-order valence-corrected chi connectivity index (χ1v) is 5.18. The minimum Gasteiger partial charge on any atom is -0.491 e. The average molecular weight is 196 g/mol. The van der Waals surface area contributed by atoms with Gasteiger partial charge in [-0.25, -0.2) is 0 Å². The zero-order valence-electron chi connectivity index (χ0n) is 9.97. The second-order valence-corrected chi connectivity index (χ2v) is 4.95. The van der Waals surface area contributed by atoms with E-state index >= 15 is 0 Å². The Balaban J connectivity index is 3.13. The highest BCUT2D eigenvalue weighted by atomic mass is 16.5. The molecule has 0 aromatic heterocycles. The van der Waals surface area contributed by atoms with Gasteiger partial charge in [0.2, 0.25) is 0 Å². The standard InChI is InChI=1S/C12H20O2/c1-7(2)11-10(8(3)13)9(4)14-12(11,5)6/h7,11H,1-6H3. The van der Waals surface area contributed by atoms with E-state index in [1.807, 2.05) is 6.92 Å². The molecule has 0 saturated carbocycles. The van der Waals surface area contributed by atoms with Crippen LogP contribution in [0.15, 0.2) is 11.3 Å². The van der Waals surface area contributed by atoms with Crippen molar-refractivity contribution in [2.75, 3.05) is 0 Å². The number of carbonyl (C=O) groups is 1. The minimum atomic E-state index is -0.237. The van der Waals surface area contributed by atoms with E-state index in [0.29, 0.717) is 5.92 Å². The summed E-state index contributed by atoms with van der Waals surface area (Å²) in [7, 11) is 0. The lowest BCUT2D eigenvalue weighted by Crippen LogP contribution is -2.34. The summed E-state index contributed by atoms with van der Waals surface area (Å²) in [6.07, 6.45) is 0. The first kappa shape index (κ1) is 11.3. The van der Waals surface area contributed by atoms with Crippen molar-refractivity contribution in [3.8, 4) is 0 Å². The predicted molar refractivity (Wildman–Crippen MR) is 56.9 cm³/mol. The van der Waals surface area contributed by atoms with Gasteiger partial charge in [0, 0.05) is 11.5 Å². The molecule has 0 amide bonds. The molecule has 80 valence electrons. The van der Waals surface area contributed by atoms with Gasteiger partial charge in [0.15, 0.2) is 5.78 Å². The Kier molecular flexibility index (Phi) is 2.75. The van der Waals surface area contributed by atoms with E-state index in [1.54, 1.807) is 6.92 Å². The fourth-order valence-corrected chi connectivity index (χ4v) is 2.68. The summed E-state index contributed by atoms with van der Waals surface area (Å²) in [6.45, 7) is 11.9. The second kappa shape index (κ2) is 3.41. The van der Waals surface area contributed by atoms with Crippen molar-refractivity contribution in [1.29, 1.82) is 0 Å². The van der Waals surface area contributed by atoms with Crippen molar-refractivity contribution in [3.63, 3.8) is 0 Å². The van der Waals surface area contributed by atoms with E-state index in [-0.39, 0.29) is 17.3 Å². The van der Waals surface area contributed by atoms with Gasteiger partial charge in [0.1, 0.15) is 11.4 Å². The third-order valence-electron chi connectivity index (χ3n) is 2.90. The van der Waals surface area contributed by atoms with E-state index in [2.05, 4.69) is 27.7 Å². The third-order valence-corrected chi connectivity index (χ3v) is 2.90. The maximum absolute atomic E-state index is 11.5. The first-order chi connectivity index (χ1) is 6.27. The lowest BCUT2D eigenvalue weighted by atomic mass is 9.77. The van der Waals surface area contributed by atoms with Gasteiger partial charge in [-0.2, -0.15) is 0 Å². The molecule has 0 bridgehead atoms. The molecule has 14 heavy (non-hydrogen) atoms. The molecule has 1 heterocycles. The fourth-order valence-electron chi connectivity index (χ4n) is 2.68. The number of hydrogen-bond donors (Lipinski definition) is 0. The van der Waals surface area contributed by atoms with E-state index in [4.69, 9.17) is 4.74 Å². The molecule has 0 spiro atoms. The molecule has 1 rings (SSSR count). The highest BCUT2D eigenvalue weighted by Crippen LogP contribution is 2.43. The smallest absolute Gasteiger partial charge is 0.159 e. The Bertz CT molecular complexity index is 285. The van der Waals surface area contributed by atoms with Gasteiger partial charge in [0.05, 0.1) is 0 Å². The molecule has 0 fully saturated rings. The summed E-state index contributed by atoms with van der Waals surface area (Å²) in [5, 5.41) is 0. The zero-order valence-corrected chi connectivity index (χ0v) is 9.97. The summed E-state index contributed by atoms with van der Waals surface area (Å²) in [5.41, 5.74) is 0.643. The zero-order chi connectivity index (χ0) is 11.1. The molecule has 1 unspecified atom stereocenters. The van der Waals surface area contributed by atoms with Crippen LogP contribution in [-0.4, -0.2) is 11.4 Å². The summed E-state index contributed by atoms with van der Waals surface area (Å²) in [5.74, 6) is 1.61. The van der Waals surface area contributed by atoms with Crippen LogP contribution < -0.4 is 0 Å². The molecule has 2 heteroatoms. The van der Waals surface area contributed by atoms with Crippen LogP contribution in [-0.2, 0) is 9.53 Å². The monoisotopic (exact) mass is 196 g/mol. The lowest BCUT2D eigenvalue weighted by molar-refractivity contribution is -0.114. The van der Waals surface area contributed by atoms with E-state index < -0.39 is 0 Å². The quantitative estimate of drug-likeness (QED) is 0.678. The SMILES string of the molecule is CC(=O)C1=C(C)OC(C)(C)C1C(C)C. The second-order valence-electron chi connectivity index (χ2n) is 4.95. The largest absolute Gasteiger partial charge is 0.491 e. The molecule has 1 aliphatic heterocycles. The molecule has 1 aliphatic rings. The summed E-state index contributed by atoms with van der Waals surface area (Å²) in [4.78, 5) is 11.5. The molecule has 0 saturated heterocycles. The Morgan fingerprint density at radius 3 is 2.21 bits per heavy atom. The predicted octanol–water partition coefficient (Wildman–Crippen LogP) is 2.93. The molecular weight excluding hydrogens is 176 g/mol. The molecule has 0 aromatic carbocycles. The van der Waals surface area contributed by atoms with Gasteiger partial charge in [-0.05, 0) is 33.6 Å². The van der Waals surface area contributed by atoms with Crippen molar-refractivity contribution in [2.45, 2.75) is 47.1 Å². The van der Waals surface area contributed by atoms with E-state index in [9.17, 15) is 4.79 Å². The Morgan fingerprint density at radius 2 is 1.93 bits per heavy atom. The first-order valence-electron chi connectivity index (χ1n) is 5.18. The number of Topliss-reactive ketones (excluding diaryl/α,β-unsaturated/α-hetero) is 1. The Labute approximate surface area is 86.3 Å². The van der Waals surface area contributed by atoms with Crippen LogP contribution in [0, 0.1) is 11.8 Å². The topological polar surface area (TPSA) is 26.3 Å². The molecule has 2 nitrogen and oxygen atoms in total. The number of ether oxygens (including phenoxy) is 1. The van der Waals surface area contributed by atoms with Crippen LogP contribution in [0.4, 0.5) is 0 Å². The van der Waals surface area contributed by atoms with Crippen molar-refractivity contribution in [2.24, 2.45) is 11.8 Å². The van der Waals surface area contributed by atoms with Crippen LogP contribution in [0.2, 0.25) is 0 Å². The molecular formula is C12H20O2. The maximum Gasteiger partial charge on any atom is 0.159 e.